The summed E-state index contributed by atoms with van der Waals surface area (Å²) in [6.45, 7) is 2.57. The fourth-order valence-electron chi connectivity index (χ4n) is 11.1. The number of anilines is 1. The second kappa shape index (κ2) is 24.4. The third kappa shape index (κ3) is 11.2. The Bertz CT molecular complexity index is 3300. The first-order valence-electron chi connectivity index (χ1n) is 26.7. The standard InChI is InChI=1S/C61H61FN7O9PSi/c1-71-45-31-27-43(28-32-45)61(42-18-8-4-9-19-42,44-29-33-46(72-2)34-30-44)75-38-51-56(78-79-69-36-16-26-50(69)52(77-79)40-80(3,48-22-12-6-13-23-48)49-24-14-7-15-25-49)54(62)59(76-51)68-41-64-55-57(68)66-60(67-58(55)73-37-17-35-63)65-53(70)39-74-47-20-10-5-11-21-47/h4-15,18-25,27-34,41,50-52,54,56,59H,16-17,26,36-40H2,1-3H3,(H,65,66,67,70)/t50-,51+,52+,54?,56-,59+,79-/m0/s1. The average Bonchev–Trinajstić information content (AvgIpc) is 4.44. The van der Waals surface area contributed by atoms with Gasteiger partial charge in [-0.1, -0.05) is 150 Å². The van der Waals surface area contributed by atoms with Crippen LogP contribution in [0.1, 0.15) is 42.2 Å². The van der Waals surface area contributed by atoms with Gasteiger partial charge in [0.2, 0.25) is 11.8 Å². The fraction of sp³-hybridized carbons (Fsp3) is 0.295. The molecule has 16 nitrogen and oxygen atoms in total. The number of rotatable bonds is 22. The Kier molecular flexibility index (Phi) is 16.6. The molecule has 3 aliphatic heterocycles. The maximum absolute atomic E-state index is 18.4. The van der Waals surface area contributed by atoms with Crippen molar-refractivity contribution in [2.45, 2.75) is 74.2 Å². The molecule has 80 heavy (non-hydrogen) atoms. The van der Waals surface area contributed by atoms with E-state index in [0.717, 1.165) is 42.1 Å². The number of hydrogen-bond acceptors (Lipinski definition) is 14. The molecular formula is C61H61FN7O9PSi. The van der Waals surface area contributed by atoms with E-state index in [-0.39, 0.29) is 61.4 Å². The van der Waals surface area contributed by atoms with Crippen LogP contribution in [0.3, 0.4) is 0 Å². The number of carbonyl (C=O) groups is 1. The topological polar surface area (TPSA) is 174 Å². The minimum atomic E-state index is -2.41. The van der Waals surface area contributed by atoms with E-state index in [4.69, 9.17) is 42.5 Å². The molecule has 410 valence electrons. The summed E-state index contributed by atoms with van der Waals surface area (Å²) in [6, 6.07) is 58.5. The monoisotopic (exact) mass is 1110 g/mol. The van der Waals surface area contributed by atoms with E-state index < -0.39 is 52.7 Å². The van der Waals surface area contributed by atoms with Crippen molar-refractivity contribution in [3.05, 3.63) is 193 Å². The largest absolute Gasteiger partial charge is 0.497 e. The second-order valence-electron chi connectivity index (χ2n) is 20.0. The van der Waals surface area contributed by atoms with E-state index in [0.29, 0.717) is 17.2 Å². The third-order valence-corrected chi connectivity index (χ3v) is 21.4. The molecule has 1 amide bonds. The van der Waals surface area contributed by atoms with Gasteiger partial charge in [-0.2, -0.15) is 15.2 Å². The molecule has 0 radical (unpaired) electrons. The Morgan fingerprint density at radius 1 is 0.787 bits per heavy atom. The summed E-state index contributed by atoms with van der Waals surface area (Å²) in [6.07, 6.45) is -2.46. The Labute approximate surface area is 466 Å². The summed E-state index contributed by atoms with van der Waals surface area (Å²) in [5.74, 6) is 1.08. The number of ether oxygens (including phenoxy) is 6. The highest BCUT2D eigenvalue weighted by atomic mass is 31.2. The number of benzene rings is 6. The van der Waals surface area contributed by atoms with Crippen LogP contribution in [0.4, 0.5) is 10.3 Å². The zero-order valence-corrected chi connectivity index (χ0v) is 46.4. The van der Waals surface area contributed by atoms with Crippen LogP contribution in [0.5, 0.6) is 23.1 Å². The number of nitriles is 1. The zero-order valence-electron chi connectivity index (χ0n) is 44.5. The number of carbonyl (C=O) groups excluding carboxylic acids is 1. The number of halogens is 1. The van der Waals surface area contributed by atoms with Crippen LogP contribution in [0.25, 0.3) is 11.2 Å². The van der Waals surface area contributed by atoms with Crippen molar-refractivity contribution in [1.82, 2.24) is 24.2 Å². The molecule has 0 saturated carbocycles. The number of alkyl halides is 1. The molecule has 0 spiro atoms. The summed E-state index contributed by atoms with van der Waals surface area (Å²) in [5.41, 5.74) is 1.33. The fourth-order valence-corrected chi connectivity index (χ4v) is 17.1. The number of hydrogen-bond donors (Lipinski definition) is 1. The molecule has 1 N–H and O–H groups in total. The van der Waals surface area contributed by atoms with E-state index in [1.807, 2.05) is 97.1 Å². The molecule has 11 rings (SSSR count). The predicted octanol–water partition coefficient (Wildman–Crippen LogP) is 9.77. The Balaban J connectivity index is 0.969. The zero-order chi connectivity index (χ0) is 55.1. The minimum absolute atomic E-state index is 0.0218. The van der Waals surface area contributed by atoms with Gasteiger partial charge in [0.1, 0.15) is 49.7 Å². The van der Waals surface area contributed by atoms with Gasteiger partial charge in [-0.25, -0.2) is 14.0 Å². The highest BCUT2D eigenvalue weighted by Gasteiger charge is 2.55. The van der Waals surface area contributed by atoms with E-state index >= 15 is 4.39 Å². The lowest BCUT2D eigenvalue weighted by atomic mass is 9.80. The van der Waals surface area contributed by atoms with Crippen LogP contribution in [0.2, 0.25) is 12.6 Å². The molecule has 3 saturated heterocycles. The van der Waals surface area contributed by atoms with Crippen molar-refractivity contribution < 1.29 is 46.7 Å². The molecule has 2 aromatic heterocycles. The molecule has 0 aliphatic carbocycles. The van der Waals surface area contributed by atoms with Crippen molar-refractivity contribution in [2.24, 2.45) is 0 Å². The third-order valence-electron chi connectivity index (χ3n) is 15.2. The maximum Gasteiger partial charge on any atom is 0.264 e. The lowest BCUT2D eigenvalue weighted by molar-refractivity contribution is -0.118. The van der Waals surface area contributed by atoms with E-state index in [9.17, 15) is 10.1 Å². The van der Waals surface area contributed by atoms with Crippen LogP contribution in [0.15, 0.2) is 176 Å². The van der Waals surface area contributed by atoms with Crippen LogP contribution < -0.4 is 34.6 Å². The van der Waals surface area contributed by atoms with Gasteiger partial charge in [-0.3, -0.25) is 14.7 Å². The predicted molar refractivity (Wildman–Crippen MR) is 304 cm³/mol. The van der Waals surface area contributed by atoms with Crippen molar-refractivity contribution >= 4 is 50.0 Å². The molecule has 6 aromatic carbocycles. The van der Waals surface area contributed by atoms with Crippen LogP contribution in [0, 0.1) is 11.3 Å². The second-order valence-corrected chi connectivity index (χ2v) is 25.6. The summed E-state index contributed by atoms with van der Waals surface area (Å²) in [7, 11) is -0.997. The molecule has 19 heteroatoms. The van der Waals surface area contributed by atoms with Gasteiger partial charge in [0.25, 0.3) is 14.4 Å². The molecule has 7 atom stereocenters. The maximum atomic E-state index is 18.4. The highest BCUT2D eigenvalue weighted by molar-refractivity contribution is 7.45. The Hall–Kier alpha value is -7.59. The van der Waals surface area contributed by atoms with Gasteiger partial charge in [0, 0.05) is 12.6 Å². The van der Waals surface area contributed by atoms with E-state index in [1.165, 1.54) is 21.3 Å². The first-order valence-corrected chi connectivity index (χ1v) is 30.5. The average molecular weight is 1110 g/mol. The lowest BCUT2D eigenvalue weighted by Gasteiger charge is -2.37. The van der Waals surface area contributed by atoms with E-state index in [2.05, 4.69) is 81.1 Å². The molecule has 3 aliphatic rings. The molecule has 3 fully saturated rings. The number of fused-ring (bicyclic) bond motifs is 2. The molecule has 0 bridgehead atoms. The quantitative estimate of drug-likeness (QED) is 0.0294. The van der Waals surface area contributed by atoms with Crippen molar-refractivity contribution in [2.75, 3.05) is 45.9 Å². The van der Waals surface area contributed by atoms with Gasteiger partial charge in [-0.15, -0.1) is 0 Å². The summed E-state index contributed by atoms with van der Waals surface area (Å²) >= 11 is 0. The molecular weight excluding hydrogens is 1050 g/mol. The van der Waals surface area contributed by atoms with Crippen LogP contribution >= 0.6 is 8.53 Å². The number of para-hydroxylation sites is 1. The SMILES string of the molecule is COc1ccc(C(OC[C@H]2O[C@@H](n3cnc4c(OCCC#N)nc(NC(=O)COc5ccccc5)nc43)C(F)[C@H]2O[P@]2O[C@H](C[Si](C)(c3ccccc3)c3ccccc3)[C@@H]3CCCN32)(c2ccccc2)c2ccc(OC)cc2)cc1. The number of nitrogens with one attached hydrogen (secondary N) is 1. The summed E-state index contributed by atoms with van der Waals surface area (Å²) in [5, 5.41) is 14.7. The molecule has 8 aromatic rings. The van der Waals surface area contributed by atoms with Crippen molar-refractivity contribution in [1.29, 1.82) is 5.26 Å². The first-order chi connectivity index (χ1) is 39.2. The number of imidazole rings is 1. The molecule has 5 heterocycles. The Morgan fingerprint density at radius 3 is 2.00 bits per heavy atom. The van der Waals surface area contributed by atoms with Crippen molar-refractivity contribution in [3.8, 4) is 29.2 Å². The van der Waals surface area contributed by atoms with E-state index in [1.54, 1.807) is 38.5 Å². The number of aromatic nitrogens is 4. The van der Waals surface area contributed by atoms with Crippen LogP contribution in [-0.2, 0) is 28.9 Å². The minimum Gasteiger partial charge on any atom is -0.497 e. The lowest BCUT2D eigenvalue weighted by Crippen LogP contribution is -2.58. The van der Waals surface area contributed by atoms with Gasteiger partial charge in [-0.05, 0) is 72.0 Å². The smallest absolute Gasteiger partial charge is 0.264 e. The highest BCUT2D eigenvalue weighted by Crippen LogP contribution is 2.59. The van der Waals surface area contributed by atoms with Crippen molar-refractivity contribution in [3.63, 3.8) is 0 Å². The summed E-state index contributed by atoms with van der Waals surface area (Å²) in [4.78, 5) is 27.2. The van der Waals surface area contributed by atoms with Crippen LogP contribution in [-0.4, -0.2) is 109 Å². The van der Waals surface area contributed by atoms with Gasteiger partial charge >= 0.3 is 0 Å². The number of methoxy groups -OCH3 is 2. The first kappa shape index (κ1) is 54.4. The van der Waals surface area contributed by atoms with Gasteiger partial charge in [0.15, 0.2) is 30.2 Å². The number of amides is 1. The number of nitrogens with zero attached hydrogens (tertiary/aromatic N) is 6. The normalized spacial score (nSPS) is 21.0. The van der Waals surface area contributed by atoms with Gasteiger partial charge < -0.3 is 37.5 Å². The Morgan fingerprint density at radius 2 is 1.39 bits per heavy atom. The summed E-state index contributed by atoms with van der Waals surface area (Å²) < 4.78 is 73.8. The molecule has 1 unspecified atom stereocenters. The van der Waals surface area contributed by atoms with Gasteiger partial charge in [0.05, 0.1) is 45.7 Å².